The summed E-state index contributed by atoms with van der Waals surface area (Å²) in [7, 11) is 1.57. The number of ether oxygens (including phenoxy) is 1. The van der Waals surface area contributed by atoms with Gasteiger partial charge >= 0.3 is 0 Å². The predicted octanol–water partition coefficient (Wildman–Crippen LogP) is 5.80. The van der Waals surface area contributed by atoms with Gasteiger partial charge in [0.15, 0.2) is 0 Å². The van der Waals surface area contributed by atoms with Gasteiger partial charge in [-0.25, -0.2) is 4.98 Å². The molecule has 0 bridgehead atoms. The maximum atomic E-state index is 13.5. The lowest BCUT2D eigenvalue weighted by atomic mass is 10.2. The summed E-state index contributed by atoms with van der Waals surface area (Å²) < 4.78 is 8.52. The second-order valence-corrected chi connectivity index (χ2v) is 8.26. The summed E-state index contributed by atoms with van der Waals surface area (Å²) in [6, 6.07) is 17.7. The highest BCUT2D eigenvalue weighted by Crippen LogP contribution is 2.28. The Balaban J connectivity index is 2.01. The molecule has 0 unspecified atom stereocenters. The van der Waals surface area contributed by atoms with E-state index in [1.807, 2.05) is 30.3 Å². The maximum Gasteiger partial charge on any atom is 0.266 e. The van der Waals surface area contributed by atoms with Crippen molar-refractivity contribution in [2.45, 2.75) is 0 Å². The van der Waals surface area contributed by atoms with E-state index in [2.05, 4.69) is 31.9 Å². The lowest BCUT2D eigenvalue weighted by Gasteiger charge is -2.15. The Hall–Kier alpha value is -2.90. The van der Waals surface area contributed by atoms with Crippen LogP contribution >= 0.6 is 31.9 Å². The van der Waals surface area contributed by atoms with E-state index in [4.69, 9.17) is 9.72 Å². The van der Waals surface area contributed by atoms with Crippen LogP contribution < -0.4 is 10.3 Å². The maximum absolute atomic E-state index is 13.5. The van der Waals surface area contributed by atoms with Gasteiger partial charge in [-0.05, 0) is 64.0 Å². The first-order valence-corrected chi connectivity index (χ1v) is 10.6. The van der Waals surface area contributed by atoms with Crippen LogP contribution in [-0.4, -0.2) is 21.8 Å². The highest BCUT2D eigenvalue weighted by molar-refractivity contribution is 9.11. The number of para-hydroxylation sites is 2. The Morgan fingerprint density at radius 3 is 2.50 bits per heavy atom. The van der Waals surface area contributed by atoms with Gasteiger partial charge in [0.1, 0.15) is 17.3 Å². The molecule has 0 saturated heterocycles. The third kappa shape index (κ3) is 3.91. The van der Waals surface area contributed by atoms with E-state index in [1.54, 1.807) is 49.6 Å². The van der Waals surface area contributed by atoms with Gasteiger partial charge in [0, 0.05) is 8.95 Å². The number of fused-ring (bicyclic) bond motifs is 1. The summed E-state index contributed by atoms with van der Waals surface area (Å²) in [5, 5.41) is 9.97. The summed E-state index contributed by atoms with van der Waals surface area (Å²) in [4.78, 5) is 18.3. The molecule has 4 rings (SSSR count). The van der Waals surface area contributed by atoms with Crippen molar-refractivity contribution in [1.29, 1.82) is 0 Å². The van der Waals surface area contributed by atoms with Crippen molar-refractivity contribution in [3.8, 4) is 17.2 Å². The Kier molecular flexibility index (Phi) is 5.74. The van der Waals surface area contributed by atoms with Crippen molar-refractivity contribution in [2.75, 3.05) is 7.11 Å². The number of halogens is 2. The van der Waals surface area contributed by atoms with Crippen molar-refractivity contribution >= 4 is 54.9 Å². The minimum absolute atomic E-state index is 0.191. The molecule has 0 saturated carbocycles. The van der Waals surface area contributed by atoms with Crippen LogP contribution in [0.5, 0.6) is 11.5 Å². The van der Waals surface area contributed by atoms with Crippen molar-refractivity contribution in [2.24, 2.45) is 0 Å². The summed E-state index contributed by atoms with van der Waals surface area (Å²) >= 11 is 6.96. The van der Waals surface area contributed by atoms with Crippen LogP contribution in [0.15, 0.2) is 74.4 Å². The fourth-order valence-electron chi connectivity index (χ4n) is 3.15. The normalized spacial score (nSPS) is 11.3. The van der Waals surface area contributed by atoms with Gasteiger partial charge in [-0.3, -0.25) is 9.36 Å². The molecule has 30 heavy (non-hydrogen) atoms. The standard InChI is InChI=1S/C23H16Br2N2O3/c1-30-20-5-3-2-4-19(20)27-21(11-8-14-6-9-16(28)10-7-14)26-22-17(23(27)29)12-15(24)13-18(22)25/h2-13,28H,1H3. The summed E-state index contributed by atoms with van der Waals surface area (Å²) in [6.07, 6.45) is 3.61. The average Bonchev–Trinajstić information content (AvgIpc) is 2.74. The van der Waals surface area contributed by atoms with Crippen molar-refractivity contribution in [3.63, 3.8) is 0 Å². The van der Waals surface area contributed by atoms with Gasteiger partial charge in [-0.1, -0.05) is 46.3 Å². The molecule has 0 aliphatic heterocycles. The molecule has 3 aromatic carbocycles. The van der Waals surface area contributed by atoms with Crippen LogP contribution in [0.25, 0.3) is 28.7 Å². The van der Waals surface area contributed by atoms with E-state index in [0.717, 1.165) is 14.5 Å². The topological polar surface area (TPSA) is 64.3 Å². The molecule has 0 amide bonds. The molecule has 4 aromatic rings. The number of nitrogens with zero attached hydrogens (tertiary/aromatic N) is 2. The van der Waals surface area contributed by atoms with E-state index >= 15 is 0 Å². The van der Waals surface area contributed by atoms with E-state index < -0.39 is 0 Å². The van der Waals surface area contributed by atoms with Crippen LogP contribution in [0.4, 0.5) is 0 Å². The Labute approximate surface area is 189 Å². The number of hydrogen-bond donors (Lipinski definition) is 1. The first-order valence-electron chi connectivity index (χ1n) is 9.00. The molecule has 0 atom stereocenters. The molecule has 0 aliphatic rings. The molecule has 1 aromatic heterocycles. The molecule has 1 N–H and O–H groups in total. The van der Waals surface area contributed by atoms with E-state index in [9.17, 15) is 9.90 Å². The number of rotatable bonds is 4. The van der Waals surface area contributed by atoms with Gasteiger partial charge in [-0.2, -0.15) is 0 Å². The third-order valence-corrected chi connectivity index (χ3v) is 5.62. The van der Waals surface area contributed by atoms with Gasteiger partial charge in [0.2, 0.25) is 0 Å². The fourth-order valence-corrected chi connectivity index (χ4v) is 4.46. The Morgan fingerprint density at radius 1 is 1.03 bits per heavy atom. The smallest absolute Gasteiger partial charge is 0.266 e. The monoisotopic (exact) mass is 526 g/mol. The summed E-state index contributed by atoms with van der Waals surface area (Å²) in [5.74, 6) is 1.21. The second kappa shape index (κ2) is 8.45. The number of methoxy groups -OCH3 is 1. The predicted molar refractivity (Wildman–Crippen MR) is 126 cm³/mol. The van der Waals surface area contributed by atoms with E-state index in [0.29, 0.717) is 28.2 Å². The van der Waals surface area contributed by atoms with Crippen LogP contribution in [-0.2, 0) is 0 Å². The van der Waals surface area contributed by atoms with Gasteiger partial charge in [0.05, 0.1) is 23.7 Å². The lowest BCUT2D eigenvalue weighted by Crippen LogP contribution is -2.23. The Bertz CT molecular complexity index is 1330. The largest absolute Gasteiger partial charge is 0.508 e. The molecular formula is C23H16Br2N2O3. The zero-order valence-electron chi connectivity index (χ0n) is 15.8. The minimum Gasteiger partial charge on any atom is -0.508 e. The zero-order chi connectivity index (χ0) is 21.3. The molecule has 1 heterocycles. The lowest BCUT2D eigenvalue weighted by molar-refractivity contribution is 0.412. The molecule has 5 nitrogen and oxygen atoms in total. The molecule has 0 aliphatic carbocycles. The number of phenolic OH excluding ortho intramolecular Hbond substituents is 1. The molecule has 0 spiro atoms. The molecule has 0 fully saturated rings. The summed E-state index contributed by atoms with van der Waals surface area (Å²) in [5.41, 5.74) is 1.82. The second-order valence-electron chi connectivity index (χ2n) is 6.49. The number of hydrogen-bond acceptors (Lipinski definition) is 4. The SMILES string of the molecule is COc1ccccc1-n1c(C=Cc2ccc(O)cc2)nc2c(Br)cc(Br)cc2c1=O. The molecule has 7 heteroatoms. The molecular weight excluding hydrogens is 512 g/mol. The summed E-state index contributed by atoms with van der Waals surface area (Å²) in [6.45, 7) is 0. The molecule has 0 radical (unpaired) electrons. The fraction of sp³-hybridized carbons (Fsp3) is 0.0435. The zero-order valence-corrected chi connectivity index (χ0v) is 19.0. The quantitative estimate of drug-likeness (QED) is 0.364. The van der Waals surface area contributed by atoms with Gasteiger partial charge in [-0.15, -0.1) is 0 Å². The first kappa shape index (κ1) is 20.4. The van der Waals surface area contributed by atoms with Crippen LogP contribution in [0.2, 0.25) is 0 Å². The van der Waals surface area contributed by atoms with E-state index in [1.165, 1.54) is 4.57 Å². The van der Waals surface area contributed by atoms with E-state index in [-0.39, 0.29) is 11.3 Å². The third-order valence-electron chi connectivity index (χ3n) is 4.56. The Morgan fingerprint density at radius 2 is 1.77 bits per heavy atom. The van der Waals surface area contributed by atoms with Crippen molar-refractivity contribution in [3.05, 3.63) is 91.4 Å². The van der Waals surface area contributed by atoms with Gasteiger partial charge in [0.25, 0.3) is 5.56 Å². The number of benzene rings is 3. The number of phenols is 1. The van der Waals surface area contributed by atoms with Crippen LogP contribution in [0.1, 0.15) is 11.4 Å². The molecule has 150 valence electrons. The average molecular weight is 528 g/mol. The van der Waals surface area contributed by atoms with Crippen LogP contribution in [0, 0.1) is 0 Å². The van der Waals surface area contributed by atoms with Crippen LogP contribution in [0.3, 0.4) is 0 Å². The number of aromatic nitrogens is 2. The van der Waals surface area contributed by atoms with Gasteiger partial charge < -0.3 is 9.84 Å². The number of aromatic hydroxyl groups is 1. The van der Waals surface area contributed by atoms with Crippen molar-refractivity contribution < 1.29 is 9.84 Å². The minimum atomic E-state index is -0.211. The van der Waals surface area contributed by atoms with Crippen molar-refractivity contribution in [1.82, 2.24) is 9.55 Å². The highest BCUT2D eigenvalue weighted by atomic mass is 79.9. The first-order chi connectivity index (χ1) is 14.5. The highest BCUT2D eigenvalue weighted by Gasteiger charge is 2.16.